The van der Waals surface area contributed by atoms with Gasteiger partial charge in [0.15, 0.2) is 0 Å². The molecule has 1 aliphatic heterocycles. The molecule has 112 valence electrons. The first-order valence-corrected chi connectivity index (χ1v) is 8.07. The molecule has 0 aromatic heterocycles. The maximum absolute atomic E-state index is 5.43. The number of thioether (sulfide) groups is 1. The Bertz CT molecular complexity index is 729. The van der Waals surface area contributed by atoms with Crippen LogP contribution < -0.4 is 15.0 Å². The molecule has 22 heavy (non-hydrogen) atoms. The summed E-state index contributed by atoms with van der Waals surface area (Å²) in [6.45, 7) is 0. The van der Waals surface area contributed by atoms with Crippen molar-refractivity contribution in [3.05, 3.63) is 59.6 Å². The quantitative estimate of drug-likeness (QED) is 0.660. The second kappa shape index (κ2) is 6.42. The number of para-hydroxylation sites is 1. The van der Waals surface area contributed by atoms with Crippen molar-refractivity contribution in [3.8, 4) is 5.75 Å². The molecule has 2 aromatic rings. The van der Waals surface area contributed by atoms with Gasteiger partial charge in [-0.25, -0.2) is 0 Å². The van der Waals surface area contributed by atoms with Crippen molar-refractivity contribution in [2.45, 2.75) is 4.90 Å². The number of thiocarbonyl (C=S) groups is 1. The number of anilines is 2. The van der Waals surface area contributed by atoms with Crippen LogP contribution in [0.3, 0.4) is 0 Å². The van der Waals surface area contributed by atoms with Crippen LogP contribution in [-0.4, -0.2) is 19.1 Å². The van der Waals surface area contributed by atoms with E-state index in [-0.39, 0.29) is 0 Å². The SMILES string of the molecule is COc1ccc2c(c1)S/C(=C/C(=S)Nc1ccccc1)N2C. The van der Waals surface area contributed by atoms with Gasteiger partial charge >= 0.3 is 0 Å². The van der Waals surface area contributed by atoms with E-state index in [9.17, 15) is 0 Å². The van der Waals surface area contributed by atoms with Gasteiger partial charge in [-0.2, -0.15) is 0 Å². The first kappa shape index (κ1) is 14.9. The molecule has 2 aromatic carbocycles. The number of methoxy groups -OCH3 is 1. The van der Waals surface area contributed by atoms with Crippen LogP contribution in [0.4, 0.5) is 11.4 Å². The number of rotatable bonds is 3. The molecule has 0 bridgehead atoms. The summed E-state index contributed by atoms with van der Waals surface area (Å²) in [5.41, 5.74) is 2.16. The van der Waals surface area contributed by atoms with Crippen molar-refractivity contribution in [2.24, 2.45) is 0 Å². The number of benzene rings is 2. The smallest absolute Gasteiger partial charge is 0.120 e. The summed E-state index contributed by atoms with van der Waals surface area (Å²) in [6, 6.07) is 16.0. The van der Waals surface area contributed by atoms with Crippen molar-refractivity contribution >= 4 is 40.3 Å². The van der Waals surface area contributed by atoms with Gasteiger partial charge in [-0.05, 0) is 30.3 Å². The fourth-order valence-corrected chi connectivity index (χ4v) is 3.64. The molecule has 0 saturated heterocycles. The highest BCUT2D eigenvalue weighted by Gasteiger charge is 2.22. The van der Waals surface area contributed by atoms with E-state index in [0.29, 0.717) is 4.99 Å². The van der Waals surface area contributed by atoms with Crippen LogP contribution in [-0.2, 0) is 0 Å². The Morgan fingerprint density at radius 2 is 2.00 bits per heavy atom. The Labute approximate surface area is 140 Å². The molecule has 3 rings (SSSR count). The van der Waals surface area contributed by atoms with Crippen molar-refractivity contribution in [3.63, 3.8) is 0 Å². The van der Waals surface area contributed by atoms with Gasteiger partial charge in [0.2, 0.25) is 0 Å². The summed E-state index contributed by atoms with van der Waals surface area (Å²) in [5.74, 6) is 0.867. The standard InChI is InChI=1S/C17H16N2OS2/c1-19-14-9-8-13(20-2)10-15(14)22-17(19)11-16(21)18-12-6-4-3-5-7-12/h3-11H,1-2H3,(H,18,21)/b17-11+. The van der Waals surface area contributed by atoms with Crippen LogP contribution in [0.2, 0.25) is 0 Å². The van der Waals surface area contributed by atoms with Crippen molar-refractivity contribution in [2.75, 3.05) is 24.4 Å². The number of hydrogen-bond donors (Lipinski definition) is 1. The lowest BCUT2D eigenvalue weighted by Crippen LogP contribution is -2.13. The highest BCUT2D eigenvalue weighted by Crippen LogP contribution is 2.46. The summed E-state index contributed by atoms with van der Waals surface area (Å²) in [7, 11) is 3.73. The van der Waals surface area contributed by atoms with Gasteiger partial charge in [0, 0.05) is 23.7 Å². The van der Waals surface area contributed by atoms with Gasteiger partial charge in [0.1, 0.15) is 10.7 Å². The fraction of sp³-hybridized carbons (Fsp3) is 0.118. The lowest BCUT2D eigenvalue weighted by Gasteiger charge is -2.14. The third-order valence-corrected chi connectivity index (χ3v) is 4.74. The van der Waals surface area contributed by atoms with Crippen molar-refractivity contribution in [1.29, 1.82) is 0 Å². The maximum atomic E-state index is 5.43. The van der Waals surface area contributed by atoms with Gasteiger partial charge in [0.05, 0.1) is 17.8 Å². The lowest BCUT2D eigenvalue weighted by molar-refractivity contribution is 0.414. The zero-order valence-electron chi connectivity index (χ0n) is 12.4. The molecular formula is C17H16N2OS2. The molecule has 0 atom stereocenters. The third kappa shape index (κ3) is 3.10. The van der Waals surface area contributed by atoms with Crippen LogP contribution in [0.5, 0.6) is 5.75 Å². The Balaban J connectivity index is 1.77. The number of hydrogen-bond acceptors (Lipinski definition) is 4. The molecule has 0 aliphatic carbocycles. The van der Waals surface area contributed by atoms with Crippen LogP contribution in [0.1, 0.15) is 0 Å². The molecule has 0 spiro atoms. The predicted molar refractivity (Wildman–Crippen MR) is 98.0 cm³/mol. The Morgan fingerprint density at radius 1 is 1.23 bits per heavy atom. The second-order valence-corrected chi connectivity index (χ2v) is 6.33. The van der Waals surface area contributed by atoms with E-state index in [2.05, 4.69) is 16.3 Å². The van der Waals surface area contributed by atoms with Crippen LogP contribution in [0.15, 0.2) is 64.5 Å². The Morgan fingerprint density at radius 3 is 2.73 bits per heavy atom. The molecular weight excluding hydrogens is 312 g/mol. The molecule has 0 radical (unpaired) electrons. The highest BCUT2D eigenvalue weighted by atomic mass is 32.2. The van der Waals surface area contributed by atoms with E-state index >= 15 is 0 Å². The van der Waals surface area contributed by atoms with Crippen molar-refractivity contribution < 1.29 is 4.74 Å². The lowest BCUT2D eigenvalue weighted by atomic mass is 10.3. The average Bonchev–Trinajstić information content (AvgIpc) is 2.83. The topological polar surface area (TPSA) is 24.5 Å². The fourth-order valence-electron chi connectivity index (χ4n) is 2.22. The Hall–Kier alpha value is -1.98. The Kier molecular flexibility index (Phi) is 4.36. The normalized spacial score (nSPS) is 14.8. The number of nitrogens with one attached hydrogen (secondary N) is 1. The van der Waals surface area contributed by atoms with E-state index < -0.39 is 0 Å². The maximum Gasteiger partial charge on any atom is 0.120 e. The summed E-state index contributed by atoms with van der Waals surface area (Å²) in [6.07, 6.45) is 1.99. The van der Waals surface area contributed by atoms with Gasteiger partial charge < -0.3 is 15.0 Å². The molecule has 1 aliphatic rings. The minimum Gasteiger partial charge on any atom is -0.497 e. The van der Waals surface area contributed by atoms with Crippen molar-refractivity contribution in [1.82, 2.24) is 0 Å². The van der Waals surface area contributed by atoms with E-state index in [0.717, 1.165) is 16.5 Å². The summed E-state index contributed by atoms with van der Waals surface area (Å²) in [5, 5.41) is 4.32. The highest BCUT2D eigenvalue weighted by molar-refractivity contribution is 8.03. The first-order chi connectivity index (χ1) is 10.7. The molecule has 0 unspecified atom stereocenters. The van der Waals surface area contributed by atoms with Gasteiger partial charge in [-0.15, -0.1) is 0 Å². The van der Waals surface area contributed by atoms with Crippen LogP contribution >= 0.6 is 24.0 Å². The van der Waals surface area contributed by atoms with Gasteiger partial charge in [-0.3, -0.25) is 0 Å². The molecule has 1 heterocycles. The average molecular weight is 328 g/mol. The summed E-state index contributed by atoms with van der Waals surface area (Å²) in [4.78, 5) is 4.01. The largest absolute Gasteiger partial charge is 0.497 e. The number of nitrogens with zero attached hydrogens (tertiary/aromatic N) is 1. The molecule has 3 nitrogen and oxygen atoms in total. The second-order valence-electron chi connectivity index (χ2n) is 4.83. The molecule has 0 amide bonds. The van der Waals surface area contributed by atoms with Gasteiger partial charge in [-0.1, -0.05) is 42.2 Å². The van der Waals surface area contributed by atoms with E-state index in [1.54, 1.807) is 18.9 Å². The van der Waals surface area contributed by atoms with Crippen LogP contribution in [0.25, 0.3) is 0 Å². The molecule has 1 N–H and O–H groups in total. The summed E-state index contributed by atoms with van der Waals surface area (Å²) >= 11 is 7.13. The van der Waals surface area contributed by atoms with Gasteiger partial charge in [0.25, 0.3) is 0 Å². The minimum atomic E-state index is 0.695. The minimum absolute atomic E-state index is 0.695. The third-order valence-electron chi connectivity index (χ3n) is 3.37. The van der Waals surface area contributed by atoms with E-state index in [1.807, 2.05) is 55.6 Å². The predicted octanol–water partition coefficient (Wildman–Crippen LogP) is 4.52. The van der Waals surface area contributed by atoms with Crippen LogP contribution in [0, 0.1) is 0 Å². The molecule has 0 fully saturated rings. The summed E-state index contributed by atoms with van der Waals surface area (Å²) < 4.78 is 5.28. The first-order valence-electron chi connectivity index (χ1n) is 6.85. The van der Waals surface area contributed by atoms with E-state index in [1.165, 1.54) is 10.6 Å². The number of fused-ring (bicyclic) bond motifs is 1. The molecule has 0 saturated carbocycles. The zero-order valence-corrected chi connectivity index (χ0v) is 14.0. The number of ether oxygens (including phenoxy) is 1. The molecule has 5 heteroatoms. The monoisotopic (exact) mass is 328 g/mol. The zero-order chi connectivity index (χ0) is 15.5. The van der Waals surface area contributed by atoms with E-state index in [4.69, 9.17) is 17.0 Å².